The van der Waals surface area contributed by atoms with Crippen molar-refractivity contribution in [2.45, 2.75) is 11.3 Å². The number of hydrogen-bond acceptors (Lipinski definition) is 4. The first-order chi connectivity index (χ1) is 12.4. The average Bonchev–Trinajstić information content (AvgIpc) is 2.65. The van der Waals surface area contributed by atoms with Crippen LogP contribution in [0.2, 0.25) is 0 Å². The van der Waals surface area contributed by atoms with E-state index in [1.54, 1.807) is 49.6 Å². The van der Waals surface area contributed by atoms with Crippen molar-refractivity contribution < 1.29 is 17.9 Å². The van der Waals surface area contributed by atoms with E-state index in [4.69, 9.17) is 4.74 Å². The van der Waals surface area contributed by atoms with Gasteiger partial charge in [0.15, 0.2) is 0 Å². The zero-order chi connectivity index (χ0) is 19.0. The molecule has 0 radical (unpaired) electrons. The second-order valence-corrected chi connectivity index (χ2v) is 8.61. The van der Waals surface area contributed by atoms with Gasteiger partial charge in [0.05, 0.1) is 10.6 Å². The fourth-order valence-electron chi connectivity index (χ4n) is 2.27. The molecule has 6 nitrogen and oxygen atoms in total. The Bertz CT molecular complexity index is 811. The van der Waals surface area contributed by atoms with Gasteiger partial charge in [0, 0.05) is 23.8 Å². The zero-order valence-corrected chi connectivity index (χ0v) is 17.4. The van der Waals surface area contributed by atoms with Crippen LogP contribution >= 0.6 is 22.6 Å². The van der Waals surface area contributed by atoms with Gasteiger partial charge < -0.3 is 10.1 Å². The van der Waals surface area contributed by atoms with Crippen LogP contribution in [-0.4, -0.2) is 41.1 Å². The molecule has 0 atom stereocenters. The number of hydrogen-bond donors (Lipinski definition) is 1. The molecule has 0 bridgehead atoms. The van der Waals surface area contributed by atoms with E-state index in [9.17, 15) is 13.2 Å². The molecule has 2 aromatic carbocycles. The Kier molecular flexibility index (Phi) is 7.85. The van der Waals surface area contributed by atoms with Crippen molar-refractivity contribution in [3.63, 3.8) is 0 Å². The van der Waals surface area contributed by atoms with Gasteiger partial charge in [-0.2, -0.15) is 0 Å². The Balaban J connectivity index is 2.25. The summed E-state index contributed by atoms with van der Waals surface area (Å²) in [4.78, 5) is 12.4. The lowest BCUT2D eigenvalue weighted by molar-refractivity contribution is -0.119. The number of methoxy groups -OCH3 is 1. The molecule has 0 spiro atoms. The van der Waals surface area contributed by atoms with Crippen molar-refractivity contribution in [1.82, 2.24) is 5.32 Å². The van der Waals surface area contributed by atoms with E-state index < -0.39 is 10.0 Å². The number of amides is 1. The van der Waals surface area contributed by atoms with Gasteiger partial charge in [0.2, 0.25) is 5.91 Å². The number of nitrogens with zero attached hydrogens (tertiary/aromatic N) is 1. The monoisotopic (exact) mass is 488 g/mol. The van der Waals surface area contributed by atoms with Crippen molar-refractivity contribution in [3.8, 4) is 0 Å². The molecular formula is C18H21IN2O4S. The standard InChI is InChI=1S/C18H21IN2O4S/c1-25-13-5-12-20-18(22)14-21(16-10-8-15(19)9-11-16)26(23,24)17-6-3-2-4-7-17/h2-4,6-11H,5,12-14H2,1H3,(H,20,22). The lowest BCUT2D eigenvalue weighted by Crippen LogP contribution is -2.41. The maximum absolute atomic E-state index is 13.1. The highest BCUT2D eigenvalue weighted by Gasteiger charge is 2.26. The summed E-state index contributed by atoms with van der Waals surface area (Å²) >= 11 is 2.14. The van der Waals surface area contributed by atoms with Crippen LogP contribution in [0.4, 0.5) is 5.69 Å². The van der Waals surface area contributed by atoms with Gasteiger partial charge in [0.1, 0.15) is 6.54 Å². The van der Waals surface area contributed by atoms with Crippen LogP contribution < -0.4 is 9.62 Å². The van der Waals surface area contributed by atoms with Gasteiger partial charge in [-0.25, -0.2) is 8.42 Å². The first-order valence-corrected chi connectivity index (χ1v) is 10.6. The van der Waals surface area contributed by atoms with Gasteiger partial charge in [-0.3, -0.25) is 9.10 Å². The number of halogens is 1. The minimum atomic E-state index is -3.85. The van der Waals surface area contributed by atoms with Gasteiger partial charge in [-0.05, 0) is 65.4 Å². The van der Waals surface area contributed by atoms with E-state index in [-0.39, 0.29) is 17.3 Å². The van der Waals surface area contributed by atoms with Gasteiger partial charge in [-0.15, -0.1) is 0 Å². The Morgan fingerprint density at radius 3 is 2.38 bits per heavy atom. The lowest BCUT2D eigenvalue weighted by Gasteiger charge is -2.24. The summed E-state index contributed by atoms with van der Waals surface area (Å²) in [5.74, 6) is -0.362. The summed E-state index contributed by atoms with van der Waals surface area (Å²) < 4.78 is 33.2. The number of rotatable bonds is 9. The first kappa shape index (κ1) is 20.7. The van der Waals surface area contributed by atoms with Crippen LogP contribution in [0, 0.1) is 3.57 Å². The van der Waals surface area contributed by atoms with Crippen LogP contribution in [-0.2, 0) is 19.6 Å². The van der Waals surface area contributed by atoms with Crippen molar-refractivity contribution in [2.75, 3.05) is 31.1 Å². The molecule has 0 unspecified atom stereocenters. The minimum absolute atomic E-state index is 0.144. The molecule has 0 saturated carbocycles. The van der Waals surface area contributed by atoms with E-state index in [0.29, 0.717) is 25.3 Å². The Morgan fingerprint density at radius 1 is 1.12 bits per heavy atom. The second-order valence-electron chi connectivity index (χ2n) is 5.50. The maximum Gasteiger partial charge on any atom is 0.264 e. The number of carbonyl (C=O) groups is 1. The Labute approximate surface area is 167 Å². The molecule has 0 heterocycles. The molecule has 8 heteroatoms. The summed E-state index contributed by atoms with van der Waals surface area (Å²) in [6.07, 6.45) is 0.664. The topological polar surface area (TPSA) is 75.7 Å². The highest BCUT2D eigenvalue weighted by Crippen LogP contribution is 2.24. The molecule has 2 aromatic rings. The number of nitrogens with one attached hydrogen (secondary N) is 1. The van der Waals surface area contributed by atoms with Gasteiger partial charge in [-0.1, -0.05) is 18.2 Å². The number of anilines is 1. The predicted molar refractivity (Wildman–Crippen MR) is 110 cm³/mol. The first-order valence-electron chi connectivity index (χ1n) is 8.04. The van der Waals surface area contributed by atoms with Crippen molar-refractivity contribution in [2.24, 2.45) is 0 Å². The highest BCUT2D eigenvalue weighted by atomic mass is 127. The van der Waals surface area contributed by atoms with Crippen LogP contribution in [0.3, 0.4) is 0 Å². The Hall–Kier alpha value is -1.65. The number of sulfonamides is 1. The fourth-order valence-corrected chi connectivity index (χ4v) is 4.07. The number of benzene rings is 2. The molecule has 0 aliphatic heterocycles. The molecule has 140 valence electrons. The van der Waals surface area contributed by atoms with E-state index in [1.807, 2.05) is 0 Å². The highest BCUT2D eigenvalue weighted by molar-refractivity contribution is 14.1. The van der Waals surface area contributed by atoms with Crippen molar-refractivity contribution >= 4 is 44.2 Å². The largest absolute Gasteiger partial charge is 0.385 e. The van der Waals surface area contributed by atoms with Crippen LogP contribution in [0.1, 0.15) is 6.42 Å². The summed E-state index contributed by atoms with van der Waals surface area (Å²) in [5.41, 5.74) is 0.446. The molecule has 0 aliphatic rings. The number of carbonyl (C=O) groups excluding carboxylic acids is 1. The van der Waals surface area contributed by atoms with Gasteiger partial charge >= 0.3 is 0 Å². The minimum Gasteiger partial charge on any atom is -0.385 e. The summed E-state index contributed by atoms with van der Waals surface area (Å²) in [6.45, 7) is 0.673. The molecule has 0 fully saturated rings. The lowest BCUT2D eigenvalue weighted by atomic mass is 10.3. The summed E-state index contributed by atoms with van der Waals surface area (Å²) in [6, 6.07) is 15.1. The van der Waals surface area contributed by atoms with E-state index in [1.165, 1.54) is 12.1 Å². The maximum atomic E-state index is 13.1. The van der Waals surface area contributed by atoms with E-state index in [2.05, 4.69) is 27.9 Å². The fraction of sp³-hybridized carbons (Fsp3) is 0.278. The molecule has 26 heavy (non-hydrogen) atoms. The molecule has 0 aromatic heterocycles. The van der Waals surface area contributed by atoms with E-state index >= 15 is 0 Å². The third-order valence-electron chi connectivity index (χ3n) is 3.58. The number of ether oxygens (including phenoxy) is 1. The molecule has 0 saturated heterocycles. The molecular weight excluding hydrogens is 467 g/mol. The normalized spacial score (nSPS) is 11.2. The Morgan fingerprint density at radius 2 is 1.77 bits per heavy atom. The molecule has 0 aliphatic carbocycles. The smallest absolute Gasteiger partial charge is 0.264 e. The third-order valence-corrected chi connectivity index (χ3v) is 6.09. The van der Waals surface area contributed by atoms with Gasteiger partial charge in [0.25, 0.3) is 10.0 Å². The van der Waals surface area contributed by atoms with Crippen LogP contribution in [0.5, 0.6) is 0 Å². The summed E-state index contributed by atoms with van der Waals surface area (Å²) in [5, 5.41) is 2.73. The van der Waals surface area contributed by atoms with E-state index in [0.717, 1.165) is 7.88 Å². The molecule has 1 amide bonds. The van der Waals surface area contributed by atoms with Crippen molar-refractivity contribution in [3.05, 3.63) is 58.2 Å². The zero-order valence-electron chi connectivity index (χ0n) is 14.4. The average molecular weight is 488 g/mol. The van der Waals surface area contributed by atoms with Crippen LogP contribution in [0.25, 0.3) is 0 Å². The SMILES string of the molecule is COCCCNC(=O)CN(c1ccc(I)cc1)S(=O)(=O)c1ccccc1. The summed E-state index contributed by atoms with van der Waals surface area (Å²) in [7, 11) is -2.26. The van der Waals surface area contributed by atoms with Crippen LogP contribution in [0.15, 0.2) is 59.5 Å². The molecule has 2 rings (SSSR count). The predicted octanol–water partition coefficient (Wildman–Crippen LogP) is 2.64. The third kappa shape index (κ3) is 5.68. The quantitative estimate of drug-likeness (QED) is 0.435. The second kappa shape index (κ2) is 9.89. The van der Waals surface area contributed by atoms with Crippen molar-refractivity contribution in [1.29, 1.82) is 0 Å². The molecule has 1 N–H and O–H groups in total.